The standard InChI is InChI=1S/C18H15NO2.C17H13NO2/c1-21-15-5-2-4-13(12-15)8-9-14-10-11-16-17(19-14)6-3-7-18(16)20;19-14-4-1-3-12(11-14)7-8-13-9-10-15-16(18-13)5-2-6-17(15)20/h2,4-5,10-12H,3,6-7H2,1H3;1,3-4,9-11,19H,2,5-6H2. The minimum absolute atomic E-state index is 0.172. The quantitative estimate of drug-likeness (QED) is 0.311. The maximum atomic E-state index is 11.8. The van der Waals surface area contributed by atoms with Crippen molar-refractivity contribution in [1.29, 1.82) is 0 Å². The molecule has 6 rings (SSSR count). The molecule has 2 aromatic carbocycles. The molecule has 2 aromatic heterocycles. The molecule has 4 aromatic rings. The number of nitrogens with zero attached hydrogens (tertiary/aromatic N) is 2. The Bertz CT molecular complexity index is 1750. The molecule has 6 heteroatoms. The number of aromatic nitrogens is 2. The van der Waals surface area contributed by atoms with Gasteiger partial charge in [0, 0.05) is 35.1 Å². The monoisotopic (exact) mass is 540 g/mol. The lowest BCUT2D eigenvalue weighted by molar-refractivity contribution is 0.0963. The molecule has 0 atom stereocenters. The number of methoxy groups -OCH3 is 1. The molecule has 6 nitrogen and oxygen atoms in total. The number of benzene rings is 2. The van der Waals surface area contributed by atoms with E-state index < -0.39 is 0 Å². The molecular weight excluding hydrogens is 512 g/mol. The van der Waals surface area contributed by atoms with Crippen molar-refractivity contribution in [2.45, 2.75) is 38.5 Å². The second kappa shape index (κ2) is 12.8. The number of hydrogen-bond donors (Lipinski definition) is 1. The van der Waals surface area contributed by atoms with Gasteiger partial charge in [0.2, 0.25) is 0 Å². The Morgan fingerprint density at radius 3 is 1.73 bits per heavy atom. The highest BCUT2D eigenvalue weighted by molar-refractivity contribution is 5.98. The van der Waals surface area contributed by atoms with Crippen molar-refractivity contribution in [3.05, 3.63) is 118 Å². The number of phenolic OH excluding ortho intramolecular Hbond substituents is 1. The number of phenols is 1. The lowest BCUT2D eigenvalue weighted by Gasteiger charge is -2.12. The minimum Gasteiger partial charge on any atom is -0.508 e. The largest absolute Gasteiger partial charge is 0.508 e. The number of ketones is 2. The predicted molar refractivity (Wildman–Crippen MR) is 156 cm³/mol. The van der Waals surface area contributed by atoms with Crippen molar-refractivity contribution >= 4 is 11.6 Å². The van der Waals surface area contributed by atoms with E-state index >= 15 is 0 Å². The van der Waals surface area contributed by atoms with Gasteiger partial charge in [0.05, 0.1) is 18.5 Å². The third-order valence-electron chi connectivity index (χ3n) is 6.77. The molecule has 0 saturated heterocycles. The van der Waals surface area contributed by atoms with Gasteiger partial charge in [0.25, 0.3) is 0 Å². The number of rotatable bonds is 1. The Balaban J connectivity index is 0.000000165. The highest BCUT2D eigenvalue weighted by Crippen LogP contribution is 2.21. The minimum atomic E-state index is 0.172. The Hall–Kier alpha value is -5.20. The van der Waals surface area contributed by atoms with E-state index in [1.807, 2.05) is 48.5 Å². The molecule has 0 fully saturated rings. The molecule has 2 heterocycles. The van der Waals surface area contributed by atoms with Crippen molar-refractivity contribution in [2.24, 2.45) is 0 Å². The number of carbonyl (C=O) groups is 2. The van der Waals surface area contributed by atoms with E-state index in [1.165, 1.54) is 0 Å². The summed E-state index contributed by atoms with van der Waals surface area (Å²) < 4.78 is 5.17. The molecule has 41 heavy (non-hydrogen) atoms. The smallest absolute Gasteiger partial charge is 0.164 e. The van der Waals surface area contributed by atoms with Gasteiger partial charge in [0.1, 0.15) is 22.9 Å². The zero-order chi connectivity index (χ0) is 28.6. The number of ether oxygens (including phenoxy) is 1. The third kappa shape index (κ3) is 7.06. The van der Waals surface area contributed by atoms with Crippen molar-refractivity contribution in [3.63, 3.8) is 0 Å². The first-order valence-corrected chi connectivity index (χ1v) is 13.5. The van der Waals surface area contributed by atoms with Gasteiger partial charge in [-0.25, -0.2) is 9.97 Å². The van der Waals surface area contributed by atoms with Crippen LogP contribution in [-0.4, -0.2) is 33.8 Å². The molecule has 2 aliphatic carbocycles. The number of pyridine rings is 2. The van der Waals surface area contributed by atoms with Gasteiger partial charge < -0.3 is 9.84 Å². The van der Waals surface area contributed by atoms with Gasteiger partial charge in [-0.2, -0.15) is 0 Å². The van der Waals surface area contributed by atoms with Crippen LogP contribution in [0.15, 0.2) is 72.8 Å². The molecule has 0 saturated carbocycles. The number of aryl methyl sites for hydroxylation is 2. The van der Waals surface area contributed by atoms with Crippen LogP contribution < -0.4 is 4.74 Å². The van der Waals surface area contributed by atoms with E-state index in [1.54, 1.807) is 31.4 Å². The lowest BCUT2D eigenvalue weighted by atomic mass is 9.94. The summed E-state index contributed by atoms with van der Waals surface area (Å²) in [6.45, 7) is 0. The molecule has 2 aliphatic rings. The number of Topliss-reactive ketones (excluding diaryl/α,β-unsaturated/α-hetero) is 2. The zero-order valence-corrected chi connectivity index (χ0v) is 22.7. The number of carbonyl (C=O) groups excluding carboxylic acids is 2. The van der Waals surface area contributed by atoms with Crippen molar-refractivity contribution in [1.82, 2.24) is 9.97 Å². The summed E-state index contributed by atoms with van der Waals surface area (Å²) in [5, 5.41) is 9.38. The summed E-state index contributed by atoms with van der Waals surface area (Å²) in [5.41, 5.74) is 6.19. The molecule has 0 spiro atoms. The molecule has 0 radical (unpaired) electrons. The van der Waals surface area contributed by atoms with Crippen molar-refractivity contribution < 1.29 is 19.4 Å². The third-order valence-corrected chi connectivity index (χ3v) is 6.77. The van der Waals surface area contributed by atoms with Gasteiger partial charge in [0.15, 0.2) is 11.6 Å². The average Bonchev–Trinajstić information content (AvgIpc) is 3.00. The van der Waals surface area contributed by atoms with E-state index in [0.29, 0.717) is 24.2 Å². The van der Waals surface area contributed by atoms with Crippen LogP contribution in [0, 0.1) is 23.7 Å². The van der Waals surface area contributed by atoms with Gasteiger partial charge in [-0.15, -0.1) is 0 Å². The van der Waals surface area contributed by atoms with Crippen LogP contribution in [0.2, 0.25) is 0 Å². The second-order valence-electron chi connectivity index (χ2n) is 9.72. The predicted octanol–water partition coefficient (Wildman–Crippen LogP) is 5.72. The highest BCUT2D eigenvalue weighted by Gasteiger charge is 2.19. The highest BCUT2D eigenvalue weighted by atomic mass is 16.5. The topological polar surface area (TPSA) is 89.4 Å². The van der Waals surface area contributed by atoms with Crippen LogP contribution in [0.1, 0.15) is 80.3 Å². The molecule has 0 unspecified atom stereocenters. The van der Waals surface area contributed by atoms with E-state index in [-0.39, 0.29) is 17.3 Å². The van der Waals surface area contributed by atoms with E-state index in [4.69, 9.17) is 4.74 Å². The first-order chi connectivity index (χ1) is 20.0. The fourth-order valence-corrected chi connectivity index (χ4v) is 4.69. The summed E-state index contributed by atoms with van der Waals surface area (Å²) >= 11 is 0. The summed E-state index contributed by atoms with van der Waals surface area (Å²) in [4.78, 5) is 32.4. The van der Waals surface area contributed by atoms with Gasteiger partial charge in [-0.05, 0) is 98.2 Å². The Morgan fingerprint density at radius 2 is 1.20 bits per heavy atom. The second-order valence-corrected chi connectivity index (χ2v) is 9.72. The van der Waals surface area contributed by atoms with Crippen LogP contribution in [0.5, 0.6) is 11.5 Å². The first kappa shape index (κ1) is 27.4. The van der Waals surface area contributed by atoms with Crippen molar-refractivity contribution in [3.8, 4) is 35.2 Å². The van der Waals surface area contributed by atoms with Crippen LogP contribution in [0.3, 0.4) is 0 Å². The van der Waals surface area contributed by atoms with Crippen LogP contribution in [0.4, 0.5) is 0 Å². The van der Waals surface area contributed by atoms with Gasteiger partial charge in [-0.3, -0.25) is 9.59 Å². The molecule has 1 N–H and O–H groups in total. The van der Waals surface area contributed by atoms with E-state index in [0.717, 1.165) is 65.1 Å². The first-order valence-electron chi connectivity index (χ1n) is 13.5. The zero-order valence-electron chi connectivity index (χ0n) is 22.7. The fourth-order valence-electron chi connectivity index (χ4n) is 4.69. The van der Waals surface area contributed by atoms with Crippen LogP contribution in [-0.2, 0) is 12.8 Å². The van der Waals surface area contributed by atoms with E-state index in [2.05, 4.69) is 33.6 Å². The Morgan fingerprint density at radius 1 is 0.659 bits per heavy atom. The molecule has 0 amide bonds. The van der Waals surface area contributed by atoms with Crippen LogP contribution in [0.25, 0.3) is 0 Å². The summed E-state index contributed by atoms with van der Waals surface area (Å²) in [6.07, 6.45) is 4.68. The van der Waals surface area contributed by atoms with Crippen LogP contribution >= 0.6 is 0 Å². The summed E-state index contributed by atoms with van der Waals surface area (Å²) in [7, 11) is 1.63. The van der Waals surface area contributed by atoms with Gasteiger partial charge >= 0.3 is 0 Å². The molecular formula is C35H28N2O4. The van der Waals surface area contributed by atoms with Crippen molar-refractivity contribution in [2.75, 3.05) is 7.11 Å². The van der Waals surface area contributed by atoms with Gasteiger partial charge in [-0.1, -0.05) is 24.0 Å². The lowest BCUT2D eigenvalue weighted by Crippen LogP contribution is -2.12. The summed E-state index contributed by atoms with van der Waals surface area (Å²) in [5.74, 6) is 13.4. The molecule has 0 aliphatic heterocycles. The fraction of sp³-hybridized carbons (Fsp3) is 0.200. The Labute approximate surface area is 239 Å². The number of aromatic hydroxyl groups is 1. The number of hydrogen-bond acceptors (Lipinski definition) is 6. The molecule has 202 valence electrons. The number of fused-ring (bicyclic) bond motifs is 2. The molecule has 0 bridgehead atoms. The average molecular weight is 541 g/mol. The Kier molecular flexibility index (Phi) is 8.52. The SMILES string of the molecule is COc1cccc(C#Cc2ccc3c(n2)CCCC3=O)c1.O=C1CCCc2nc(C#Cc3cccc(O)c3)ccc21. The maximum absolute atomic E-state index is 11.8. The maximum Gasteiger partial charge on any atom is 0.164 e. The summed E-state index contributed by atoms with van der Waals surface area (Å²) in [6, 6.07) is 21.6. The normalized spacial score (nSPS) is 13.2. The van der Waals surface area contributed by atoms with E-state index in [9.17, 15) is 14.7 Å².